The van der Waals surface area contributed by atoms with Crippen LogP contribution < -0.4 is 10.6 Å². The summed E-state index contributed by atoms with van der Waals surface area (Å²) in [5, 5.41) is 2.05. The molecule has 0 aliphatic rings. The zero-order valence-corrected chi connectivity index (χ0v) is 14.0. The number of rotatable bonds is 5. The van der Waals surface area contributed by atoms with Crippen LogP contribution in [-0.2, 0) is 13.0 Å². The zero-order chi connectivity index (χ0) is 14.7. The van der Waals surface area contributed by atoms with E-state index in [0.717, 1.165) is 16.7 Å². The molecule has 0 radical (unpaired) electrons. The van der Waals surface area contributed by atoms with Gasteiger partial charge in [-0.3, -0.25) is 0 Å². The van der Waals surface area contributed by atoms with Crippen LogP contribution in [0, 0.1) is 5.82 Å². The van der Waals surface area contributed by atoms with Gasteiger partial charge in [0.1, 0.15) is 5.82 Å². The summed E-state index contributed by atoms with van der Waals surface area (Å²) in [5.74, 6) is -0.181. The molecule has 1 aromatic carbocycles. The summed E-state index contributed by atoms with van der Waals surface area (Å²) in [6.45, 7) is 2.65. The number of nitrogens with two attached hydrogens (primary N) is 1. The Bertz CT molecular complexity index is 583. The standard InChI is InChI=1S/C15H18BrFN2S/c1-10(18)6-13-14(17)4-3-5-15(13)19(2)8-12-7-11(16)9-20-12/h3-5,7,9-10H,6,8,18H2,1-2H3. The second kappa shape index (κ2) is 6.70. The molecule has 0 saturated carbocycles. The molecule has 0 amide bonds. The molecule has 0 fully saturated rings. The lowest BCUT2D eigenvalue weighted by molar-refractivity contribution is 0.595. The lowest BCUT2D eigenvalue weighted by Gasteiger charge is -2.23. The molecular weight excluding hydrogens is 339 g/mol. The van der Waals surface area contributed by atoms with Crippen LogP contribution in [0.3, 0.4) is 0 Å². The Morgan fingerprint density at radius 2 is 2.20 bits per heavy atom. The maximum atomic E-state index is 14.0. The smallest absolute Gasteiger partial charge is 0.128 e. The van der Waals surface area contributed by atoms with E-state index >= 15 is 0 Å². The van der Waals surface area contributed by atoms with Gasteiger partial charge >= 0.3 is 0 Å². The van der Waals surface area contributed by atoms with E-state index in [1.165, 1.54) is 10.9 Å². The number of hydrogen-bond acceptors (Lipinski definition) is 3. The minimum Gasteiger partial charge on any atom is -0.369 e. The minimum absolute atomic E-state index is 0.0602. The first-order valence-electron chi connectivity index (χ1n) is 6.44. The van der Waals surface area contributed by atoms with Crippen LogP contribution in [0.2, 0.25) is 0 Å². The normalized spacial score (nSPS) is 12.4. The van der Waals surface area contributed by atoms with Gasteiger partial charge in [-0.2, -0.15) is 0 Å². The third-order valence-corrected chi connectivity index (χ3v) is 4.73. The van der Waals surface area contributed by atoms with Gasteiger partial charge in [-0.15, -0.1) is 11.3 Å². The van der Waals surface area contributed by atoms with Gasteiger partial charge < -0.3 is 10.6 Å². The summed E-state index contributed by atoms with van der Waals surface area (Å²) in [7, 11) is 1.98. The van der Waals surface area contributed by atoms with Crippen LogP contribution in [0.4, 0.5) is 10.1 Å². The van der Waals surface area contributed by atoms with Gasteiger partial charge in [-0.1, -0.05) is 6.07 Å². The van der Waals surface area contributed by atoms with Gasteiger partial charge in [0.05, 0.1) is 6.54 Å². The minimum atomic E-state index is -0.181. The highest BCUT2D eigenvalue weighted by Crippen LogP contribution is 2.27. The van der Waals surface area contributed by atoms with E-state index < -0.39 is 0 Å². The average Bonchev–Trinajstić information content (AvgIpc) is 2.76. The Balaban J connectivity index is 2.24. The Morgan fingerprint density at radius 1 is 1.45 bits per heavy atom. The highest BCUT2D eigenvalue weighted by atomic mass is 79.9. The molecule has 0 aliphatic carbocycles. The summed E-state index contributed by atoms with van der Waals surface area (Å²) < 4.78 is 15.1. The van der Waals surface area contributed by atoms with E-state index in [1.807, 2.05) is 20.0 Å². The molecule has 108 valence electrons. The molecule has 2 aromatic rings. The number of hydrogen-bond donors (Lipinski definition) is 1. The van der Waals surface area contributed by atoms with Crippen LogP contribution in [0.25, 0.3) is 0 Å². The molecule has 2 rings (SSSR count). The van der Waals surface area contributed by atoms with Crippen LogP contribution in [-0.4, -0.2) is 13.1 Å². The van der Waals surface area contributed by atoms with Gasteiger partial charge in [0.15, 0.2) is 0 Å². The zero-order valence-electron chi connectivity index (χ0n) is 11.6. The van der Waals surface area contributed by atoms with E-state index in [2.05, 4.69) is 32.3 Å². The third-order valence-electron chi connectivity index (χ3n) is 3.05. The van der Waals surface area contributed by atoms with Crippen molar-refractivity contribution in [1.82, 2.24) is 0 Å². The Hall–Kier alpha value is -0.910. The number of benzene rings is 1. The first kappa shape index (κ1) is 15.5. The Kier molecular flexibility index (Phi) is 5.18. The fourth-order valence-electron chi connectivity index (χ4n) is 2.18. The molecule has 5 heteroatoms. The molecule has 2 N–H and O–H groups in total. The van der Waals surface area contributed by atoms with Crippen LogP contribution in [0.5, 0.6) is 0 Å². The largest absolute Gasteiger partial charge is 0.369 e. The maximum Gasteiger partial charge on any atom is 0.128 e. The number of thiophene rings is 1. The van der Waals surface area contributed by atoms with Crippen molar-refractivity contribution >= 4 is 33.0 Å². The van der Waals surface area contributed by atoms with Gasteiger partial charge in [0.2, 0.25) is 0 Å². The lowest BCUT2D eigenvalue weighted by atomic mass is 10.0. The molecule has 20 heavy (non-hydrogen) atoms. The quantitative estimate of drug-likeness (QED) is 0.870. The maximum absolute atomic E-state index is 14.0. The molecule has 0 aliphatic heterocycles. The van der Waals surface area contributed by atoms with Crippen molar-refractivity contribution in [2.24, 2.45) is 5.73 Å². The average molecular weight is 357 g/mol. The summed E-state index contributed by atoms with van der Waals surface area (Å²) in [6, 6.07) is 7.22. The number of halogens is 2. The molecule has 0 spiro atoms. The van der Waals surface area contributed by atoms with Crippen LogP contribution >= 0.6 is 27.3 Å². The summed E-state index contributed by atoms with van der Waals surface area (Å²) >= 11 is 5.14. The highest BCUT2D eigenvalue weighted by molar-refractivity contribution is 9.10. The van der Waals surface area contributed by atoms with Crippen molar-refractivity contribution in [3.8, 4) is 0 Å². The van der Waals surface area contributed by atoms with Crippen molar-refractivity contribution in [3.63, 3.8) is 0 Å². The summed E-state index contributed by atoms with van der Waals surface area (Å²) in [5.41, 5.74) is 7.43. The van der Waals surface area contributed by atoms with Crippen molar-refractivity contribution in [1.29, 1.82) is 0 Å². The predicted molar refractivity (Wildman–Crippen MR) is 87.9 cm³/mol. The van der Waals surface area contributed by atoms with E-state index in [4.69, 9.17) is 5.73 Å². The molecule has 1 atom stereocenters. The molecule has 1 unspecified atom stereocenters. The van der Waals surface area contributed by atoms with E-state index in [1.54, 1.807) is 17.4 Å². The van der Waals surface area contributed by atoms with E-state index in [9.17, 15) is 4.39 Å². The van der Waals surface area contributed by atoms with Gasteiger partial charge in [0, 0.05) is 39.1 Å². The fraction of sp³-hybridized carbons (Fsp3) is 0.333. The van der Waals surface area contributed by atoms with Gasteiger partial charge in [-0.05, 0) is 47.5 Å². The molecule has 0 bridgehead atoms. The number of nitrogens with zero attached hydrogens (tertiary/aromatic N) is 1. The molecule has 2 nitrogen and oxygen atoms in total. The third kappa shape index (κ3) is 3.81. The fourth-order valence-corrected chi connectivity index (χ4v) is 3.69. The summed E-state index contributed by atoms with van der Waals surface area (Å²) in [6.07, 6.45) is 0.542. The van der Waals surface area contributed by atoms with Crippen LogP contribution in [0.1, 0.15) is 17.4 Å². The molecule has 1 heterocycles. The second-order valence-corrected chi connectivity index (χ2v) is 6.92. The lowest BCUT2D eigenvalue weighted by Crippen LogP contribution is -2.23. The Labute approximate surface area is 131 Å². The van der Waals surface area contributed by atoms with E-state index in [-0.39, 0.29) is 11.9 Å². The predicted octanol–water partition coefficient (Wildman–Crippen LogP) is 4.18. The Morgan fingerprint density at radius 3 is 2.80 bits per heavy atom. The van der Waals surface area contributed by atoms with Crippen molar-refractivity contribution in [2.75, 3.05) is 11.9 Å². The second-order valence-electron chi connectivity index (χ2n) is 5.01. The van der Waals surface area contributed by atoms with Crippen molar-refractivity contribution in [3.05, 3.63) is 50.4 Å². The molecule has 0 saturated heterocycles. The number of anilines is 1. The van der Waals surface area contributed by atoms with Gasteiger partial charge in [0.25, 0.3) is 0 Å². The highest BCUT2D eigenvalue weighted by Gasteiger charge is 2.14. The first-order valence-corrected chi connectivity index (χ1v) is 8.11. The van der Waals surface area contributed by atoms with Crippen molar-refractivity contribution < 1.29 is 4.39 Å². The van der Waals surface area contributed by atoms with Crippen LogP contribution in [0.15, 0.2) is 34.1 Å². The van der Waals surface area contributed by atoms with Crippen molar-refractivity contribution in [2.45, 2.75) is 25.9 Å². The van der Waals surface area contributed by atoms with Gasteiger partial charge in [-0.25, -0.2) is 4.39 Å². The monoisotopic (exact) mass is 356 g/mol. The molecular formula is C15H18BrFN2S. The topological polar surface area (TPSA) is 29.3 Å². The summed E-state index contributed by atoms with van der Waals surface area (Å²) in [4.78, 5) is 3.30. The van der Waals surface area contributed by atoms with E-state index in [0.29, 0.717) is 12.0 Å². The first-order chi connectivity index (χ1) is 9.47. The molecule has 1 aromatic heterocycles. The SMILES string of the molecule is CC(N)Cc1c(F)cccc1N(C)Cc1cc(Br)cs1.